The van der Waals surface area contributed by atoms with E-state index in [0.29, 0.717) is 16.1 Å². The lowest BCUT2D eigenvalue weighted by Gasteiger charge is -2.58. The second kappa shape index (κ2) is 13.4. The predicted molar refractivity (Wildman–Crippen MR) is 171 cm³/mol. The molecule has 4 aliphatic carbocycles. The Bertz CT molecular complexity index is 1000. The highest BCUT2D eigenvalue weighted by atomic mass is 32.2. The van der Waals surface area contributed by atoms with Gasteiger partial charge in [-0.05, 0) is 111 Å². The van der Waals surface area contributed by atoms with E-state index in [1.165, 1.54) is 83.5 Å². The lowest BCUT2D eigenvalue weighted by atomic mass is 9.47. The molecular weight excluding hydrogens is 508 g/mol. The Kier molecular flexibility index (Phi) is 10.1. The van der Waals surface area contributed by atoms with Crippen molar-refractivity contribution in [2.45, 2.75) is 142 Å². The van der Waals surface area contributed by atoms with E-state index in [-0.39, 0.29) is 11.2 Å². The van der Waals surface area contributed by atoms with Crippen LogP contribution >= 0.6 is 11.8 Å². The molecule has 0 saturated heterocycles. The number of benzene rings is 1. The Hall–Kier alpha value is -1.22. The molecule has 0 unspecified atom stereocenters. The van der Waals surface area contributed by atoms with Crippen molar-refractivity contribution in [2.24, 2.45) is 34.5 Å². The van der Waals surface area contributed by atoms with Crippen LogP contribution in [0.4, 0.5) is 0 Å². The summed E-state index contributed by atoms with van der Waals surface area (Å²) in [6.45, 7) is 9.69. The van der Waals surface area contributed by atoms with E-state index in [4.69, 9.17) is 4.74 Å². The molecule has 40 heavy (non-hydrogen) atoms. The van der Waals surface area contributed by atoms with E-state index < -0.39 is 0 Å². The highest BCUT2D eigenvalue weighted by Crippen LogP contribution is 2.67. The van der Waals surface area contributed by atoms with Crippen molar-refractivity contribution in [3.8, 4) is 5.75 Å². The molecule has 0 aliphatic heterocycles. The molecule has 5 rings (SSSR count). The maximum Gasteiger partial charge on any atom is 0.229 e. The van der Waals surface area contributed by atoms with Crippen LogP contribution in [0.15, 0.2) is 42.0 Å². The lowest BCUT2D eigenvalue weighted by Crippen LogP contribution is -2.50. The topological polar surface area (TPSA) is 26.3 Å². The van der Waals surface area contributed by atoms with Gasteiger partial charge in [0, 0.05) is 5.25 Å². The third-order valence-corrected chi connectivity index (χ3v) is 13.3. The van der Waals surface area contributed by atoms with Gasteiger partial charge in [-0.25, -0.2) is 0 Å². The third-order valence-electron chi connectivity index (χ3n) is 12.1. The summed E-state index contributed by atoms with van der Waals surface area (Å²) in [6, 6.07) is 9.83. The number of rotatable bonds is 12. The maximum atomic E-state index is 13.3. The lowest BCUT2D eigenvalue weighted by molar-refractivity contribution is -0.117. The molecule has 8 atom stereocenters. The van der Waals surface area contributed by atoms with Crippen LogP contribution < -0.4 is 4.74 Å². The van der Waals surface area contributed by atoms with Crippen LogP contribution in [0.2, 0.25) is 0 Å². The fourth-order valence-corrected chi connectivity index (χ4v) is 10.9. The maximum absolute atomic E-state index is 13.3. The van der Waals surface area contributed by atoms with E-state index in [1.54, 1.807) is 17.3 Å². The Morgan fingerprint density at radius 1 is 0.950 bits per heavy atom. The van der Waals surface area contributed by atoms with Gasteiger partial charge in [-0.3, -0.25) is 4.79 Å². The van der Waals surface area contributed by atoms with Crippen LogP contribution in [-0.2, 0) is 4.79 Å². The zero-order valence-corrected chi connectivity index (χ0v) is 26.8. The molecule has 1 aromatic carbocycles. The first-order chi connectivity index (χ1) is 19.4. The van der Waals surface area contributed by atoms with E-state index >= 15 is 0 Å². The summed E-state index contributed by atoms with van der Waals surface area (Å²) in [7, 11) is 0. The molecule has 1 aromatic rings. The van der Waals surface area contributed by atoms with Gasteiger partial charge in [-0.1, -0.05) is 108 Å². The third kappa shape index (κ3) is 6.25. The van der Waals surface area contributed by atoms with Crippen molar-refractivity contribution in [1.29, 1.82) is 0 Å². The molecule has 0 spiro atoms. The number of allylic oxidation sites excluding steroid dienone is 2. The van der Waals surface area contributed by atoms with Gasteiger partial charge < -0.3 is 4.74 Å². The molecule has 0 radical (unpaired) electrons. The molecule has 0 N–H and O–H groups in total. The van der Waals surface area contributed by atoms with Gasteiger partial charge in [0.1, 0.15) is 5.75 Å². The average Bonchev–Trinajstić information content (AvgIpc) is 3.30. The summed E-state index contributed by atoms with van der Waals surface area (Å²) < 4.78 is 6.08. The zero-order valence-electron chi connectivity index (χ0n) is 26.0. The summed E-state index contributed by atoms with van der Waals surface area (Å²) in [5.74, 6) is 4.43. The number of unbranched alkanes of at least 4 members (excludes halogenated alkanes) is 5. The number of hydrogen-bond acceptors (Lipinski definition) is 3. The Morgan fingerprint density at radius 2 is 1.73 bits per heavy atom. The van der Waals surface area contributed by atoms with E-state index in [1.807, 2.05) is 30.3 Å². The molecule has 0 aromatic heterocycles. The Labute approximate surface area is 249 Å². The largest absolute Gasteiger partial charge is 0.482 e. The summed E-state index contributed by atoms with van der Waals surface area (Å²) >= 11 is 1.58. The highest BCUT2D eigenvalue weighted by Gasteiger charge is 2.58. The van der Waals surface area contributed by atoms with Crippen LogP contribution in [-0.4, -0.2) is 16.5 Å². The zero-order chi connectivity index (χ0) is 28.2. The SMILES string of the molecule is CCCCCCCC[C@@H]1CC[C@@H]2[C@H]3CC=C4C[C@@H](SC(=O)[C@@H](CC)Oc5ccccc5)CC[C@]4(C)[C@@H]3CC[C@@]12C. The van der Waals surface area contributed by atoms with E-state index in [2.05, 4.69) is 33.8 Å². The number of hydrogen-bond donors (Lipinski definition) is 0. The van der Waals surface area contributed by atoms with Crippen molar-refractivity contribution in [1.82, 2.24) is 0 Å². The summed E-state index contributed by atoms with van der Waals surface area (Å²) in [5.41, 5.74) is 2.62. The van der Waals surface area contributed by atoms with Gasteiger partial charge in [0.25, 0.3) is 0 Å². The van der Waals surface area contributed by atoms with Gasteiger partial charge in [-0.15, -0.1) is 0 Å². The molecule has 4 aliphatic rings. The van der Waals surface area contributed by atoms with Crippen LogP contribution in [0.25, 0.3) is 0 Å². The number of carbonyl (C=O) groups excluding carboxylic acids is 1. The molecule has 222 valence electrons. The molecule has 0 heterocycles. The molecule has 0 bridgehead atoms. The minimum absolute atomic E-state index is 0.213. The Balaban J connectivity index is 1.17. The van der Waals surface area contributed by atoms with E-state index in [0.717, 1.165) is 48.7 Å². The second-order valence-corrected chi connectivity index (χ2v) is 15.6. The molecular formula is C37H56O2S. The monoisotopic (exact) mass is 564 g/mol. The van der Waals surface area contributed by atoms with Crippen molar-refractivity contribution >= 4 is 16.9 Å². The van der Waals surface area contributed by atoms with E-state index in [9.17, 15) is 4.79 Å². The number of thioether (sulfide) groups is 1. The number of fused-ring (bicyclic) bond motifs is 5. The second-order valence-electron chi connectivity index (χ2n) is 14.3. The average molecular weight is 565 g/mol. The quantitative estimate of drug-likeness (QED) is 0.186. The van der Waals surface area contributed by atoms with Crippen molar-refractivity contribution < 1.29 is 9.53 Å². The Morgan fingerprint density at radius 3 is 2.50 bits per heavy atom. The first-order valence-corrected chi connectivity index (χ1v) is 17.9. The van der Waals surface area contributed by atoms with Gasteiger partial charge in [0.05, 0.1) is 0 Å². The van der Waals surface area contributed by atoms with Crippen LogP contribution in [0.5, 0.6) is 5.75 Å². The van der Waals surface area contributed by atoms with Crippen LogP contribution in [0, 0.1) is 34.5 Å². The van der Waals surface area contributed by atoms with Gasteiger partial charge >= 0.3 is 0 Å². The van der Waals surface area contributed by atoms with Crippen molar-refractivity contribution in [2.75, 3.05) is 0 Å². The van der Waals surface area contributed by atoms with Crippen molar-refractivity contribution in [3.63, 3.8) is 0 Å². The van der Waals surface area contributed by atoms with Crippen molar-refractivity contribution in [3.05, 3.63) is 42.0 Å². The molecule has 0 amide bonds. The number of para-hydroxylation sites is 1. The summed E-state index contributed by atoms with van der Waals surface area (Å²) in [6.07, 6.45) is 23.7. The molecule has 3 heteroatoms. The van der Waals surface area contributed by atoms with Gasteiger partial charge in [0.15, 0.2) is 6.10 Å². The van der Waals surface area contributed by atoms with Crippen LogP contribution in [0.3, 0.4) is 0 Å². The highest BCUT2D eigenvalue weighted by molar-refractivity contribution is 8.14. The van der Waals surface area contributed by atoms with Gasteiger partial charge in [0.2, 0.25) is 5.12 Å². The first-order valence-electron chi connectivity index (χ1n) is 17.0. The summed E-state index contributed by atoms with van der Waals surface area (Å²) in [4.78, 5) is 13.3. The molecule has 3 fully saturated rings. The standard InChI is InChI=1S/C37H56O2S/c1-5-7-8-9-10-12-15-27-19-21-32-31-20-18-28-26-30(22-24-37(28,4)33(31)23-25-36(27,32)3)40-35(38)34(6-2)39-29-16-13-11-14-17-29/h11,13-14,16-18,27,30-34H,5-10,12,15,19-26H2,1-4H3/t27-,30+,31-,32-,33-,34-,36+,37+/m1/s1. The predicted octanol–water partition coefficient (Wildman–Crippen LogP) is 10.8. The number of carbonyl (C=O) groups is 1. The smallest absolute Gasteiger partial charge is 0.229 e. The molecule has 3 saturated carbocycles. The fourth-order valence-electron chi connectivity index (χ4n) is 9.68. The van der Waals surface area contributed by atoms with Crippen LogP contribution in [0.1, 0.15) is 130 Å². The first kappa shape index (κ1) is 30.2. The number of ether oxygens (including phenoxy) is 1. The van der Waals surface area contributed by atoms with Gasteiger partial charge in [-0.2, -0.15) is 0 Å². The normalized spacial score (nSPS) is 35.7. The summed E-state index contributed by atoms with van der Waals surface area (Å²) in [5, 5.41) is 0.615. The minimum Gasteiger partial charge on any atom is -0.482 e. The fraction of sp³-hybridized carbons (Fsp3) is 0.757. The minimum atomic E-state index is -0.354. The molecule has 2 nitrogen and oxygen atoms in total.